The third-order valence-corrected chi connectivity index (χ3v) is 3.60. The zero-order chi connectivity index (χ0) is 16.4. The normalized spacial score (nSPS) is 12.0. The lowest BCUT2D eigenvalue weighted by molar-refractivity contribution is 0.173. The lowest BCUT2D eigenvalue weighted by Gasteiger charge is -2.08. The van der Waals surface area contributed by atoms with Crippen molar-refractivity contribution in [1.82, 2.24) is 15.4 Å². The number of rotatable bonds is 4. The summed E-state index contributed by atoms with van der Waals surface area (Å²) in [6, 6.07) is 15.1. The number of hydrogen-bond acceptors (Lipinski definition) is 6. The van der Waals surface area contributed by atoms with Crippen LogP contribution in [-0.4, -0.2) is 22.2 Å². The van der Waals surface area contributed by atoms with Crippen molar-refractivity contribution < 1.29 is 14.2 Å². The molecule has 7 nitrogen and oxygen atoms in total. The molecule has 0 unspecified atom stereocenters. The molecule has 118 valence electrons. The Balaban J connectivity index is 1.51. The van der Waals surface area contributed by atoms with Gasteiger partial charge in [-0.2, -0.15) is 15.6 Å². The van der Waals surface area contributed by atoms with Crippen molar-refractivity contribution in [2.24, 2.45) is 0 Å². The van der Waals surface area contributed by atoms with E-state index in [4.69, 9.17) is 19.5 Å². The minimum absolute atomic E-state index is 0.236. The van der Waals surface area contributed by atoms with Gasteiger partial charge in [0.05, 0.1) is 0 Å². The van der Waals surface area contributed by atoms with Crippen LogP contribution >= 0.6 is 0 Å². The van der Waals surface area contributed by atoms with Crippen LogP contribution in [0.1, 0.15) is 11.3 Å². The van der Waals surface area contributed by atoms with Gasteiger partial charge in [0, 0.05) is 11.6 Å². The van der Waals surface area contributed by atoms with Crippen LogP contribution in [0, 0.1) is 11.3 Å². The molecule has 24 heavy (non-hydrogen) atoms. The molecule has 1 aliphatic heterocycles. The van der Waals surface area contributed by atoms with E-state index in [0.29, 0.717) is 23.8 Å². The Morgan fingerprint density at radius 1 is 1.12 bits per heavy atom. The molecule has 7 heteroatoms. The van der Waals surface area contributed by atoms with Crippen LogP contribution in [0.2, 0.25) is 0 Å². The van der Waals surface area contributed by atoms with E-state index in [-0.39, 0.29) is 12.5 Å². The Kier molecular flexibility index (Phi) is 3.48. The van der Waals surface area contributed by atoms with Gasteiger partial charge >= 0.3 is 0 Å². The molecule has 0 atom stereocenters. The number of aromatic amines is 1. The summed E-state index contributed by atoms with van der Waals surface area (Å²) >= 11 is 0. The van der Waals surface area contributed by atoms with Crippen LogP contribution in [0.5, 0.6) is 17.2 Å². The van der Waals surface area contributed by atoms with Gasteiger partial charge in [-0.3, -0.25) is 0 Å². The standard InChI is InChI=1S/C17H12N4O3/c18-8-14-17(20-21-19-14)12-3-1-2-11(6-12)9-22-13-4-5-15-16(7-13)24-10-23-15/h1-7H,9-10H2,(H,19,20,21). The Morgan fingerprint density at radius 2 is 2.04 bits per heavy atom. The third-order valence-electron chi connectivity index (χ3n) is 3.60. The number of fused-ring (bicyclic) bond motifs is 1. The number of hydrogen-bond donors (Lipinski definition) is 1. The SMILES string of the molecule is N#Cc1n[nH]nc1-c1cccc(COc2ccc3c(c2)OCO3)c1. The fourth-order valence-electron chi connectivity index (χ4n) is 2.45. The highest BCUT2D eigenvalue weighted by atomic mass is 16.7. The molecule has 0 aliphatic carbocycles. The van der Waals surface area contributed by atoms with Crippen molar-refractivity contribution in [3.05, 3.63) is 53.7 Å². The fraction of sp³-hybridized carbons (Fsp3) is 0.118. The maximum atomic E-state index is 9.05. The first-order chi connectivity index (χ1) is 11.8. The zero-order valence-electron chi connectivity index (χ0n) is 12.5. The van der Waals surface area contributed by atoms with Crippen molar-refractivity contribution in [2.75, 3.05) is 6.79 Å². The fourth-order valence-corrected chi connectivity index (χ4v) is 2.45. The summed E-state index contributed by atoms with van der Waals surface area (Å²) in [5.74, 6) is 2.10. The molecule has 0 spiro atoms. The molecule has 0 saturated heterocycles. The quantitative estimate of drug-likeness (QED) is 0.794. The van der Waals surface area contributed by atoms with Crippen LogP contribution in [0.25, 0.3) is 11.3 Å². The van der Waals surface area contributed by atoms with E-state index in [2.05, 4.69) is 15.4 Å². The molecule has 1 aromatic heterocycles. The molecule has 1 aliphatic rings. The van der Waals surface area contributed by atoms with E-state index < -0.39 is 0 Å². The second-order valence-corrected chi connectivity index (χ2v) is 5.14. The maximum Gasteiger partial charge on any atom is 0.231 e. The van der Waals surface area contributed by atoms with Crippen LogP contribution < -0.4 is 14.2 Å². The molecule has 1 N–H and O–H groups in total. The van der Waals surface area contributed by atoms with Crippen LogP contribution in [0.4, 0.5) is 0 Å². The Hall–Kier alpha value is -3.53. The van der Waals surface area contributed by atoms with E-state index in [1.807, 2.05) is 42.5 Å². The molecule has 0 saturated carbocycles. The molecule has 0 fully saturated rings. The first kappa shape index (κ1) is 14.1. The molecule has 2 heterocycles. The zero-order valence-corrected chi connectivity index (χ0v) is 12.5. The average molecular weight is 320 g/mol. The van der Waals surface area contributed by atoms with E-state index in [0.717, 1.165) is 16.9 Å². The van der Waals surface area contributed by atoms with E-state index in [1.54, 1.807) is 6.07 Å². The van der Waals surface area contributed by atoms with Gasteiger partial charge in [-0.05, 0) is 23.8 Å². The molecular formula is C17H12N4O3. The van der Waals surface area contributed by atoms with Gasteiger partial charge in [-0.25, -0.2) is 0 Å². The summed E-state index contributed by atoms with van der Waals surface area (Å²) in [5.41, 5.74) is 2.57. The second-order valence-electron chi connectivity index (χ2n) is 5.14. The lowest BCUT2D eigenvalue weighted by Crippen LogP contribution is -1.96. The molecule has 0 amide bonds. The Labute approximate surface area is 137 Å². The molecule has 4 rings (SSSR count). The number of nitriles is 1. The van der Waals surface area contributed by atoms with Crippen molar-refractivity contribution in [1.29, 1.82) is 5.26 Å². The topological polar surface area (TPSA) is 93.1 Å². The monoisotopic (exact) mass is 320 g/mol. The van der Waals surface area contributed by atoms with Crippen LogP contribution in [0.15, 0.2) is 42.5 Å². The summed E-state index contributed by atoms with van der Waals surface area (Å²) < 4.78 is 16.4. The first-order valence-corrected chi connectivity index (χ1v) is 7.26. The van der Waals surface area contributed by atoms with Crippen molar-refractivity contribution in [2.45, 2.75) is 6.61 Å². The number of H-pyrrole nitrogens is 1. The van der Waals surface area contributed by atoms with E-state index >= 15 is 0 Å². The van der Waals surface area contributed by atoms with Crippen LogP contribution in [0.3, 0.4) is 0 Å². The number of benzene rings is 2. The van der Waals surface area contributed by atoms with E-state index in [1.165, 1.54) is 0 Å². The number of nitrogens with one attached hydrogen (secondary N) is 1. The van der Waals surface area contributed by atoms with Gasteiger partial charge in [0.1, 0.15) is 24.1 Å². The highest BCUT2D eigenvalue weighted by molar-refractivity contribution is 5.64. The molecule has 2 aromatic carbocycles. The van der Waals surface area contributed by atoms with Gasteiger partial charge in [0.25, 0.3) is 0 Å². The summed E-state index contributed by atoms with van der Waals surface area (Å²) in [6.45, 7) is 0.618. The van der Waals surface area contributed by atoms with E-state index in [9.17, 15) is 0 Å². The minimum Gasteiger partial charge on any atom is -0.489 e. The smallest absolute Gasteiger partial charge is 0.231 e. The summed E-state index contributed by atoms with van der Waals surface area (Å²) in [5, 5.41) is 19.4. The Bertz CT molecular complexity index is 930. The number of ether oxygens (including phenoxy) is 3. The van der Waals surface area contributed by atoms with Gasteiger partial charge in [0.2, 0.25) is 6.79 Å². The first-order valence-electron chi connectivity index (χ1n) is 7.26. The summed E-state index contributed by atoms with van der Waals surface area (Å²) in [7, 11) is 0. The van der Waals surface area contributed by atoms with Crippen molar-refractivity contribution in [3.8, 4) is 34.6 Å². The van der Waals surface area contributed by atoms with Gasteiger partial charge in [-0.15, -0.1) is 5.10 Å². The van der Waals surface area contributed by atoms with Gasteiger partial charge in [-0.1, -0.05) is 18.2 Å². The predicted octanol–water partition coefficient (Wildman–Crippen LogP) is 2.65. The maximum absolute atomic E-state index is 9.05. The van der Waals surface area contributed by atoms with Crippen molar-refractivity contribution >= 4 is 0 Å². The number of nitrogens with zero attached hydrogens (tertiary/aromatic N) is 3. The van der Waals surface area contributed by atoms with Gasteiger partial charge < -0.3 is 14.2 Å². The molecule has 0 bridgehead atoms. The highest BCUT2D eigenvalue weighted by Gasteiger charge is 2.14. The molecule has 0 radical (unpaired) electrons. The van der Waals surface area contributed by atoms with Crippen LogP contribution in [-0.2, 0) is 6.61 Å². The molecular weight excluding hydrogens is 308 g/mol. The number of aromatic nitrogens is 3. The predicted molar refractivity (Wildman–Crippen MR) is 83.4 cm³/mol. The van der Waals surface area contributed by atoms with Crippen molar-refractivity contribution in [3.63, 3.8) is 0 Å². The average Bonchev–Trinajstić information content (AvgIpc) is 3.28. The Morgan fingerprint density at radius 3 is 2.96 bits per heavy atom. The highest BCUT2D eigenvalue weighted by Crippen LogP contribution is 2.35. The van der Waals surface area contributed by atoms with Gasteiger partial charge in [0.15, 0.2) is 17.2 Å². The largest absolute Gasteiger partial charge is 0.489 e. The lowest BCUT2D eigenvalue weighted by atomic mass is 10.1. The third kappa shape index (κ3) is 2.61. The summed E-state index contributed by atoms with van der Waals surface area (Å²) in [4.78, 5) is 0. The minimum atomic E-state index is 0.236. The summed E-state index contributed by atoms with van der Waals surface area (Å²) in [6.07, 6.45) is 0. The molecule has 3 aromatic rings. The second kappa shape index (κ2) is 5.93.